The van der Waals surface area contributed by atoms with Crippen LogP contribution in [0.2, 0.25) is 0 Å². The lowest BCUT2D eigenvalue weighted by molar-refractivity contribution is -0.133. The highest BCUT2D eigenvalue weighted by Gasteiger charge is 2.35. The van der Waals surface area contributed by atoms with Gasteiger partial charge in [-0.25, -0.2) is 9.78 Å². The second-order valence-corrected chi connectivity index (χ2v) is 12.8. The molecule has 0 bridgehead atoms. The van der Waals surface area contributed by atoms with Crippen molar-refractivity contribution < 1.29 is 28.7 Å². The smallest absolute Gasteiger partial charge is 0.408 e. The van der Waals surface area contributed by atoms with Gasteiger partial charge in [-0.05, 0) is 52.2 Å². The highest BCUT2D eigenvalue weighted by Crippen LogP contribution is 2.24. The van der Waals surface area contributed by atoms with E-state index in [1.807, 2.05) is 66.7 Å². The first-order valence-electron chi connectivity index (χ1n) is 15.6. The van der Waals surface area contributed by atoms with E-state index < -0.39 is 41.1 Å². The van der Waals surface area contributed by atoms with Crippen molar-refractivity contribution in [2.45, 2.75) is 70.9 Å². The van der Waals surface area contributed by atoms with Crippen LogP contribution in [0.15, 0.2) is 85.3 Å². The summed E-state index contributed by atoms with van der Waals surface area (Å²) >= 11 is 0. The third-order valence-electron chi connectivity index (χ3n) is 7.27. The lowest BCUT2D eigenvalue weighted by atomic mass is 10.0. The van der Waals surface area contributed by atoms with Crippen molar-refractivity contribution >= 4 is 29.6 Å². The second kappa shape index (κ2) is 15.5. The average molecular weight is 645 g/mol. The molecule has 1 aromatic heterocycles. The van der Waals surface area contributed by atoms with Crippen molar-refractivity contribution in [3.8, 4) is 0 Å². The van der Waals surface area contributed by atoms with E-state index in [4.69, 9.17) is 9.47 Å². The van der Waals surface area contributed by atoms with Crippen LogP contribution < -0.4 is 16.0 Å². The lowest BCUT2D eigenvalue weighted by Gasteiger charge is -2.29. The molecule has 0 radical (unpaired) electrons. The summed E-state index contributed by atoms with van der Waals surface area (Å²) < 4.78 is 12.8. The summed E-state index contributed by atoms with van der Waals surface area (Å²) in [7, 11) is 0. The van der Waals surface area contributed by atoms with Gasteiger partial charge < -0.3 is 34.9 Å². The molecule has 12 nitrogen and oxygen atoms in total. The number of hydrogen-bond acceptors (Lipinski definition) is 7. The number of aromatic nitrogens is 2. The van der Waals surface area contributed by atoms with Crippen LogP contribution in [0.1, 0.15) is 58.2 Å². The summed E-state index contributed by atoms with van der Waals surface area (Å²) in [6.07, 6.45) is 7.12. The van der Waals surface area contributed by atoms with Crippen LogP contribution in [0.5, 0.6) is 0 Å². The van der Waals surface area contributed by atoms with Gasteiger partial charge in [-0.3, -0.25) is 14.4 Å². The monoisotopic (exact) mass is 644 g/mol. The Bertz CT molecular complexity index is 1550. The summed E-state index contributed by atoms with van der Waals surface area (Å²) in [6.45, 7) is 9.34. The maximum absolute atomic E-state index is 13.7. The first-order chi connectivity index (χ1) is 22.3. The molecule has 4 rings (SSSR count). The molecular formula is C35H44N6O6. The Balaban J connectivity index is 1.50. The predicted octanol–water partition coefficient (Wildman–Crippen LogP) is 4.20. The van der Waals surface area contributed by atoms with Crippen LogP contribution in [0.4, 0.5) is 10.6 Å². The van der Waals surface area contributed by atoms with Gasteiger partial charge in [0.2, 0.25) is 5.91 Å². The van der Waals surface area contributed by atoms with Crippen LogP contribution in [0, 0.1) is 0 Å². The van der Waals surface area contributed by atoms with E-state index in [1.165, 1.54) is 20.2 Å². The van der Waals surface area contributed by atoms with Crippen LogP contribution in [0.25, 0.3) is 0 Å². The zero-order valence-electron chi connectivity index (χ0n) is 27.6. The molecule has 1 aliphatic heterocycles. The van der Waals surface area contributed by atoms with Crippen molar-refractivity contribution in [1.29, 1.82) is 0 Å². The summed E-state index contributed by atoms with van der Waals surface area (Å²) in [6, 6.07) is 17.0. The van der Waals surface area contributed by atoms with Crippen molar-refractivity contribution in [1.82, 2.24) is 25.1 Å². The minimum absolute atomic E-state index is 0.0880. The van der Waals surface area contributed by atoms with E-state index in [2.05, 4.69) is 27.0 Å². The van der Waals surface area contributed by atoms with Gasteiger partial charge in [0.1, 0.15) is 23.2 Å². The Morgan fingerprint density at radius 2 is 1.62 bits per heavy atom. The predicted molar refractivity (Wildman–Crippen MR) is 177 cm³/mol. The van der Waals surface area contributed by atoms with E-state index in [0.717, 1.165) is 17.5 Å². The van der Waals surface area contributed by atoms with E-state index in [0.29, 0.717) is 13.1 Å². The van der Waals surface area contributed by atoms with E-state index in [-0.39, 0.29) is 24.9 Å². The quantitative estimate of drug-likeness (QED) is 0.251. The van der Waals surface area contributed by atoms with Gasteiger partial charge in [0, 0.05) is 19.3 Å². The first kappa shape index (κ1) is 34.9. The fourth-order valence-electron chi connectivity index (χ4n) is 4.85. The minimum Gasteiger partial charge on any atom is -0.444 e. The maximum atomic E-state index is 13.7. The number of amides is 4. The average Bonchev–Trinajstić information content (AvgIpc) is 3.48. The van der Waals surface area contributed by atoms with E-state index in [1.54, 1.807) is 36.4 Å². The summed E-state index contributed by atoms with van der Waals surface area (Å²) in [5.41, 5.74) is -0.511. The largest absolute Gasteiger partial charge is 0.444 e. The van der Waals surface area contributed by atoms with Gasteiger partial charge in [-0.1, -0.05) is 72.8 Å². The zero-order valence-corrected chi connectivity index (χ0v) is 27.6. The number of hydrogen-bond donors (Lipinski definition) is 3. The molecule has 3 aromatic rings. The Morgan fingerprint density at radius 3 is 2.26 bits per heavy atom. The molecule has 0 fully saturated rings. The zero-order chi connectivity index (χ0) is 34.0. The van der Waals surface area contributed by atoms with Crippen LogP contribution in [-0.4, -0.2) is 75.1 Å². The minimum atomic E-state index is -1.42. The van der Waals surface area contributed by atoms with Crippen molar-refractivity contribution in [3.05, 3.63) is 96.5 Å². The molecule has 2 heterocycles. The third kappa shape index (κ3) is 10.3. The van der Waals surface area contributed by atoms with Gasteiger partial charge in [-0.15, -0.1) is 0 Å². The van der Waals surface area contributed by atoms with Crippen molar-refractivity contribution in [3.63, 3.8) is 0 Å². The number of rotatable bonds is 12. The first-order valence-corrected chi connectivity index (χ1v) is 15.6. The topological polar surface area (TPSA) is 144 Å². The number of nitrogens with zero attached hydrogens (tertiary/aromatic N) is 3. The summed E-state index contributed by atoms with van der Waals surface area (Å²) in [5.74, 6) is -1.11. The van der Waals surface area contributed by atoms with Crippen LogP contribution >= 0.6 is 0 Å². The Labute approximate surface area is 275 Å². The molecule has 0 aliphatic carbocycles. The highest BCUT2D eigenvalue weighted by atomic mass is 16.6. The fraction of sp³-hybridized carbons (Fsp3) is 0.400. The molecule has 0 spiro atoms. The number of carbonyl (C=O) groups excluding carboxylic acids is 4. The molecule has 1 aliphatic rings. The van der Waals surface area contributed by atoms with Gasteiger partial charge in [-0.2, -0.15) is 0 Å². The Morgan fingerprint density at radius 1 is 0.936 bits per heavy atom. The highest BCUT2D eigenvalue weighted by molar-refractivity contribution is 5.98. The SMILES string of the molecule is CC(C)(C)OC(=O)NC(C)(C)C(=O)N[C@H](COCc1ccccc1)C(=O)Nc1cn(C(C(=O)N2CC=CCC2)c2ccccc2)cn1. The van der Waals surface area contributed by atoms with Gasteiger partial charge >= 0.3 is 6.09 Å². The Kier molecular flexibility index (Phi) is 11.5. The third-order valence-corrected chi connectivity index (χ3v) is 7.27. The van der Waals surface area contributed by atoms with Gasteiger partial charge in [0.25, 0.3) is 11.8 Å². The van der Waals surface area contributed by atoms with E-state index >= 15 is 0 Å². The molecule has 2 atom stereocenters. The standard InChI is InChI=1S/C35H44N6O6/c1-34(2,3)47-33(45)39-35(4,5)32(44)37-27(23-46-22-25-15-9-6-10-16-25)30(42)38-28-21-41(24-36-28)29(26-17-11-7-12-18-26)31(43)40-19-13-8-14-20-40/h6-13,15-18,21,24,27,29H,14,19-20,22-23H2,1-5H3,(H,37,44)(H,38,42)(H,39,45)/t27-,29?/m1/s1. The molecule has 12 heteroatoms. The van der Waals surface area contributed by atoms with Crippen molar-refractivity contribution in [2.24, 2.45) is 0 Å². The number of alkyl carbamates (subject to hydrolysis) is 1. The Hall–Kier alpha value is -4.97. The molecular weight excluding hydrogens is 600 g/mol. The fourth-order valence-corrected chi connectivity index (χ4v) is 4.85. The van der Waals surface area contributed by atoms with Gasteiger partial charge in [0.05, 0.1) is 19.5 Å². The molecule has 47 heavy (non-hydrogen) atoms. The lowest BCUT2D eigenvalue weighted by Crippen LogP contribution is -2.59. The van der Waals surface area contributed by atoms with Gasteiger partial charge in [0.15, 0.2) is 5.82 Å². The van der Waals surface area contributed by atoms with Crippen LogP contribution in [-0.2, 0) is 30.5 Å². The summed E-state index contributed by atoms with van der Waals surface area (Å²) in [5, 5.41) is 8.01. The molecule has 2 aromatic carbocycles. The maximum Gasteiger partial charge on any atom is 0.408 e. The normalized spacial score (nSPS) is 14.5. The van der Waals surface area contributed by atoms with Crippen LogP contribution in [0.3, 0.4) is 0 Å². The molecule has 250 valence electrons. The number of ether oxygens (including phenoxy) is 2. The molecule has 4 amide bonds. The number of anilines is 1. The number of nitrogens with one attached hydrogen (secondary N) is 3. The summed E-state index contributed by atoms with van der Waals surface area (Å²) in [4.78, 5) is 59.2. The molecule has 0 saturated heterocycles. The van der Waals surface area contributed by atoms with E-state index in [9.17, 15) is 19.2 Å². The molecule has 3 N–H and O–H groups in total. The second-order valence-electron chi connectivity index (χ2n) is 12.8. The molecule has 0 saturated carbocycles. The van der Waals surface area contributed by atoms with Crippen molar-refractivity contribution in [2.75, 3.05) is 25.0 Å². The number of imidazole rings is 1. The number of carbonyl (C=O) groups is 4. The molecule has 1 unspecified atom stereocenters. The number of benzene rings is 2.